The van der Waals surface area contributed by atoms with Gasteiger partial charge in [-0.2, -0.15) is 13.2 Å². The van der Waals surface area contributed by atoms with Crippen LogP contribution in [0.1, 0.15) is 27.8 Å². The van der Waals surface area contributed by atoms with Gasteiger partial charge in [0.2, 0.25) is 0 Å². The lowest BCUT2D eigenvalue weighted by Crippen LogP contribution is -2.21. The lowest BCUT2D eigenvalue weighted by atomic mass is 9.98. The number of rotatable bonds is 8. The highest BCUT2D eigenvalue weighted by Crippen LogP contribution is 2.35. The Kier molecular flexibility index (Phi) is 7.10. The van der Waals surface area contributed by atoms with Crippen molar-refractivity contribution >= 4 is 6.08 Å². The molecular formula is C21H24F3NO3. The van der Waals surface area contributed by atoms with Gasteiger partial charge in [0.05, 0.1) is 5.56 Å². The molecule has 0 fully saturated rings. The van der Waals surface area contributed by atoms with Gasteiger partial charge in [-0.05, 0) is 42.8 Å². The molecule has 0 saturated heterocycles. The van der Waals surface area contributed by atoms with E-state index in [-0.39, 0.29) is 30.1 Å². The highest BCUT2D eigenvalue weighted by molar-refractivity contribution is 5.63. The van der Waals surface area contributed by atoms with Crippen LogP contribution in [0.4, 0.5) is 13.2 Å². The normalized spacial score (nSPS) is 11.8. The van der Waals surface area contributed by atoms with E-state index in [1.807, 2.05) is 11.9 Å². The van der Waals surface area contributed by atoms with Crippen LogP contribution in [0, 0.1) is 0 Å². The molecule has 0 bridgehead atoms. The molecule has 2 aromatic carbocycles. The molecule has 2 aromatic rings. The van der Waals surface area contributed by atoms with Gasteiger partial charge in [-0.15, -0.1) is 0 Å². The number of hydrogen-bond donors (Lipinski definition) is 3. The Labute approximate surface area is 162 Å². The van der Waals surface area contributed by atoms with Gasteiger partial charge in [0.1, 0.15) is 11.5 Å². The van der Waals surface area contributed by atoms with Crippen molar-refractivity contribution in [3.05, 3.63) is 64.7 Å². The van der Waals surface area contributed by atoms with Gasteiger partial charge in [0, 0.05) is 37.2 Å². The first-order chi connectivity index (χ1) is 13.2. The smallest absolute Gasteiger partial charge is 0.416 e. The van der Waals surface area contributed by atoms with Crippen molar-refractivity contribution in [1.29, 1.82) is 0 Å². The zero-order valence-electron chi connectivity index (χ0n) is 15.6. The quantitative estimate of drug-likeness (QED) is 0.633. The molecule has 0 atom stereocenters. The standard InChI is InChI=1S/C21H24F3NO3/c1-3-15-12-19(27)17(9-11-26)20(28)18(15)13-25(2)10-8-14-4-6-16(7-5-14)21(22,23)24/h3-7,12,26-28H,1,8-11,13H2,2H3. The summed E-state index contributed by atoms with van der Waals surface area (Å²) in [6, 6.07) is 6.55. The molecular weight excluding hydrogens is 371 g/mol. The summed E-state index contributed by atoms with van der Waals surface area (Å²) in [5, 5.41) is 29.6. The predicted octanol–water partition coefficient (Wildman–Crippen LogP) is 3.97. The number of phenolic OH excluding ortho intramolecular Hbond substituents is 2. The maximum absolute atomic E-state index is 12.6. The van der Waals surface area contributed by atoms with Crippen LogP contribution in [0.25, 0.3) is 6.08 Å². The Morgan fingerprint density at radius 2 is 1.71 bits per heavy atom. The number of nitrogens with zero attached hydrogens (tertiary/aromatic N) is 1. The van der Waals surface area contributed by atoms with Gasteiger partial charge in [0.15, 0.2) is 0 Å². The Balaban J connectivity index is 2.09. The van der Waals surface area contributed by atoms with Crippen LogP contribution in [-0.2, 0) is 25.6 Å². The molecule has 4 nitrogen and oxygen atoms in total. The van der Waals surface area contributed by atoms with E-state index in [1.165, 1.54) is 24.3 Å². The molecule has 0 radical (unpaired) electrons. The van der Waals surface area contributed by atoms with Crippen molar-refractivity contribution in [2.24, 2.45) is 0 Å². The SMILES string of the molecule is C=Cc1cc(O)c(CCO)c(O)c1CN(C)CCc1ccc(C(F)(F)F)cc1. The van der Waals surface area contributed by atoms with Crippen LogP contribution in [0.15, 0.2) is 36.9 Å². The summed E-state index contributed by atoms with van der Waals surface area (Å²) < 4.78 is 37.9. The Morgan fingerprint density at radius 1 is 1.07 bits per heavy atom. The minimum Gasteiger partial charge on any atom is -0.508 e. The molecule has 28 heavy (non-hydrogen) atoms. The zero-order valence-corrected chi connectivity index (χ0v) is 15.6. The second-order valence-electron chi connectivity index (χ2n) is 6.65. The van der Waals surface area contributed by atoms with E-state index >= 15 is 0 Å². The number of phenols is 2. The number of aliphatic hydroxyl groups is 1. The summed E-state index contributed by atoms with van der Waals surface area (Å²) in [4.78, 5) is 1.92. The highest BCUT2D eigenvalue weighted by Gasteiger charge is 2.29. The molecule has 0 aromatic heterocycles. The molecule has 0 amide bonds. The first kappa shape index (κ1) is 21.8. The molecule has 0 saturated carbocycles. The molecule has 0 aliphatic rings. The maximum Gasteiger partial charge on any atom is 0.416 e. The third kappa shape index (κ3) is 5.27. The number of halogens is 3. The molecule has 0 spiro atoms. The van der Waals surface area contributed by atoms with Gasteiger partial charge >= 0.3 is 6.18 Å². The lowest BCUT2D eigenvalue weighted by Gasteiger charge is -2.21. The minimum atomic E-state index is -4.35. The van der Waals surface area contributed by atoms with E-state index in [2.05, 4.69) is 6.58 Å². The first-order valence-corrected chi connectivity index (χ1v) is 8.82. The predicted molar refractivity (Wildman–Crippen MR) is 102 cm³/mol. The number of benzene rings is 2. The van der Waals surface area contributed by atoms with Gasteiger partial charge in [-0.3, -0.25) is 0 Å². The largest absolute Gasteiger partial charge is 0.508 e. The van der Waals surface area contributed by atoms with Crippen molar-refractivity contribution < 1.29 is 28.5 Å². The summed E-state index contributed by atoms with van der Waals surface area (Å²) in [7, 11) is 1.83. The van der Waals surface area contributed by atoms with Crippen molar-refractivity contribution in [1.82, 2.24) is 4.90 Å². The summed E-state index contributed by atoms with van der Waals surface area (Å²) in [6.45, 7) is 4.39. The molecule has 2 rings (SSSR count). The van der Waals surface area contributed by atoms with Crippen LogP contribution in [0.5, 0.6) is 11.5 Å². The molecule has 152 valence electrons. The van der Waals surface area contributed by atoms with E-state index in [4.69, 9.17) is 5.11 Å². The number of likely N-dealkylation sites (N-methyl/N-ethyl adjacent to an activating group) is 1. The van der Waals surface area contributed by atoms with Gasteiger partial charge in [-0.1, -0.05) is 24.8 Å². The summed E-state index contributed by atoms with van der Waals surface area (Å²) in [6.07, 6.45) is -2.15. The van der Waals surface area contributed by atoms with Crippen LogP contribution < -0.4 is 0 Å². The molecule has 0 heterocycles. The van der Waals surface area contributed by atoms with Crippen molar-refractivity contribution in [2.45, 2.75) is 25.6 Å². The lowest BCUT2D eigenvalue weighted by molar-refractivity contribution is -0.137. The fourth-order valence-electron chi connectivity index (χ4n) is 3.00. The van der Waals surface area contributed by atoms with Gasteiger partial charge in [-0.25, -0.2) is 0 Å². The number of aliphatic hydroxyl groups excluding tert-OH is 1. The first-order valence-electron chi connectivity index (χ1n) is 8.82. The zero-order chi connectivity index (χ0) is 20.9. The van der Waals surface area contributed by atoms with Crippen molar-refractivity contribution in [2.75, 3.05) is 20.2 Å². The monoisotopic (exact) mass is 395 g/mol. The van der Waals surface area contributed by atoms with Crippen molar-refractivity contribution in [3.63, 3.8) is 0 Å². The van der Waals surface area contributed by atoms with Crippen LogP contribution in [0.2, 0.25) is 0 Å². The van der Waals surface area contributed by atoms with E-state index in [9.17, 15) is 23.4 Å². The third-order valence-corrected chi connectivity index (χ3v) is 4.59. The number of hydrogen-bond acceptors (Lipinski definition) is 4. The topological polar surface area (TPSA) is 63.9 Å². The molecule has 0 aliphatic carbocycles. The van der Waals surface area contributed by atoms with Crippen LogP contribution in [0.3, 0.4) is 0 Å². The van der Waals surface area contributed by atoms with E-state index < -0.39 is 11.7 Å². The average molecular weight is 395 g/mol. The highest BCUT2D eigenvalue weighted by atomic mass is 19.4. The summed E-state index contributed by atoms with van der Waals surface area (Å²) >= 11 is 0. The molecule has 7 heteroatoms. The molecule has 0 unspecified atom stereocenters. The fraction of sp³-hybridized carbons (Fsp3) is 0.333. The number of alkyl halides is 3. The van der Waals surface area contributed by atoms with E-state index in [0.29, 0.717) is 30.6 Å². The molecule has 0 aliphatic heterocycles. The van der Waals surface area contributed by atoms with Crippen LogP contribution >= 0.6 is 0 Å². The average Bonchev–Trinajstić information content (AvgIpc) is 2.65. The second-order valence-corrected chi connectivity index (χ2v) is 6.65. The minimum absolute atomic E-state index is 0.0784. The van der Waals surface area contributed by atoms with E-state index in [0.717, 1.165) is 17.7 Å². The Morgan fingerprint density at radius 3 is 2.25 bits per heavy atom. The summed E-state index contributed by atoms with van der Waals surface area (Å²) in [5.41, 5.74) is 1.54. The Hall–Kier alpha value is -2.51. The van der Waals surface area contributed by atoms with Gasteiger partial charge in [0.25, 0.3) is 0 Å². The van der Waals surface area contributed by atoms with Crippen molar-refractivity contribution in [3.8, 4) is 11.5 Å². The second kappa shape index (κ2) is 9.12. The number of aromatic hydroxyl groups is 2. The van der Waals surface area contributed by atoms with E-state index in [1.54, 1.807) is 0 Å². The van der Waals surface area contributed by atoms with Gasteiger partial charge < -0.3 is 20.2 Å². The maximum atomic E-state index is 12.6. The summed E-state index contributed by atoms with van der Waals surface area (Å²) in [5.74, 6) is -0.178. The third-order valence-electron chi connectivity index (χ3n) is 4.59. The molecule has 3 N–H and O–H groups in total. The fourth-order valence-corrected chi connectivity index (χ4v) is 3.00. The van der Waals surface area contributed by atoms with Crippen LogP contribution in [-0.4, -0.2) is 40.4 Å². The Bertz CT molecular complexity index is 817.